The number of piperidine rings is 1. The molecule has 2 saturated heterocycles. The molecule has 5 nitrogen and oxygen atoms in total. The number of benzene rings is 1. The van der Waals surface area contributed by atoms with Gasteiger partial charge in [0.2, 0.25) is 0 Å². The van der Waals surface area contributed by atoms with Crippen LogP contribution >= 0.6 is 0 Å². The molecule has 2 fully saturated rings. The van der Waals surface area contributed by atoms with E-state index in [4.69, 9.17) is 0 Å². The number of likely N-dealkylation sites (tertiary alicyclic amines) is 1. The first-order valence-corrected chi connectivity index (χ1v) is 10.5. The predicted molar refractivity (Wildman–Crippen MR) is 110 cm³/mol. The lowest BCUT2D eigenvalue weighted by molar-refractivity contribution is 0.0792. The Bertz CT molecular complexity index is 807. The first-order chi connectivity index (χ1) is 13.7. The second-order valence-corrected chi connectivity index (χ2v) is 8.01. The third kappa shape index (κ3) is 4.53. The van der Waals surface area contributed by atoms with E-state index >= 15 is 0 Å². The molecular weight excluding hydrogens is 350 g/mol. The Balaban J connectivity index is 1.45. The van der Waals surface area contributed by atoms with Gasteiger partial charge in [-0.15, -0.1) is 0 Å². The van der Waals surface area contributed by atoms with Gasteiger partial charge in [0, 0.05) is 30.9 Å². The number of hydrogen-bond acceptors (Lipinski definition) is 4. The molecule has 1 atom stereocenters. The number of amides is 1. The minimum atomic E-state index is 0.0631. The highest BCUT2D eigenvalue weighted by Gasteiger charge is 2.19. The van der Waals surface area contributed by atoms with Gasteiger partial charge in [-0.2, -0.15) is 0 Å². The summed E-state index contributed by atoms with van der Waals surface area (Å²) in [5, 5.41) is 13.8. The number of nitrogens with zero attached hydrogens (tertiary/aromatic N) is 2. The Kier molecular flexibility index (Phi) is 5.91. The zero-order valence-corrected chi connectivity index (χ0v) is 16.4. The van der Waals surface area contributed by atoms with E-state index in [2.05, 4.69) is 16.4 Å². The molecule has 2 aromatic rings. The van der Waals surface area contributed by atoms with E-state index in [9.17, 15) is 9.90 Å². The van der Waals surface area contributed by atoms with Gasteiger partial charge in [0.15, 0.2) is 0 Å². The van der Waals surface area contributed by atoms with Crippen LogP contribution in [0.5, 0.6) is 5.75 Å². The van der Waals surface area contributed by atoms with Crippen molar-refractivity contribution < 1.29 is 9.90 Å². The number of pyridine rings is 1. The molecule has 2 aliphatic heterocycles. The summed E-state index contributed by atoms with van der Waals surface area (Å²) < 4.78 is 0. The van der Waals surface area contributed by atoms with E-state index in [1.54, 1.807) is 12.3 Å². The number of carbonyl (C=O) groups is 1. The van der Waals surface area contributed by atoms with Crippen LogP contribution in [-0.2, 0) is 6.42 Å². The first-order valence-electron chi connectivity index (χ1n) is 10.5. The SMILES string of the molecule is O=C(c1ccc(-c2cc(O)cc(CC[C@H]3CCCCN3)c2)nc1)N1CCCC1. The molecule has 1 amide bonds. The normalized spacial score (nSPS) is 19.7. The van der Waals surface area contributed by atoms with Crippen molar-refractivity contribution in [2.45, 2.75) is 51.0 Å². The largest absolute Gasteiger partial charge is 0.508 e. The van der Waals surface area contributed by atoms with Crippen molar-refractivity contribution in [3.63, 3.8) is 0 Å². The van der Waals surface area contributed by atoms with Crippen LogP contribution in [-0.4, -0.2) is 46.6 Å². The third-order valence-corrected chi connectivity index (χ3v) is 5.87. The molecule has 148 valence electrons. The van der Waals surface area contributed by atoms with Gasteiger partial charge in [-0.05, 0) is 81.0 Å². The molecule has 28 heavy (non-hydrogen) atoms. The average Bonchev–Trinajstić information content (AvgIpc) is 3.27. The smallest absolute Gasteiger partial charge is 0.255 e. The Morgan fingerprint density at radius 3 is 2.71 bits per heavy atom. The zero-order chi connectivity index (χ0) is 19.3. The molecule has 0 spiro atoms. The first kappa shape index (κ1) is 18.9. The Hall–Kier alpha value is -2.40. The Labute approximate surface area is 166 Å². The van der Waals surface area contributed by atoms with Gasteiger partial charge in [-0.3, -0.25) is 9.78 Å². The van der Waals surface area contributed by atoms with E-state index in [1.165, 1.54) is 19.3 Å². The lowest BCUT2D eigenvalue weighted by atomic mass is 9.96. The van der Waals surface area contributed by atoms with Crippen LogP contribution in [0.3, 0.4) is 0 Å². The lowest BCUT2D eigenvalue weighted by Crippen LogP contribution is -2.34. The quantitative estimate of drug-likeness (QED) is 0.830. The molecule has 1 aromatic heterocycles. The number of aromatic hydroxyl groups is 1. The summed E-state index contributed by atoms with van der Waals surface area (Å²) in [6.07, 6.45) is 9.65. The molecular formula is C23H29N3O2. The number of phenols is 1. The second-order valence-electron chi connectivity index (χ2n) is 8.01. The molecule has 0 saturated carbocycles. The number of aryl methyl sites for hydroxylation is 1. The van der Waals surface area contributed by atoms with E-state index in [1.807, 2.05) is 23.1 Å². The van der Waals surface area contributed by atoms with Crippen LogP contribution in [0.2, 0.25) is 0 Å². The lowest BCUT2D eigenvalue weighted by Gasteiger charge is -2.23. The molecule has 2 aliphatic rings. The number of carbonyl (C=O) groups excluding carboxylic acids is 1. The van der Waals surface area contributed by atoms with Gasteiger partial charge in [-0.1, -0.05) is 6.42 Å². The van der Waals surface area contributed by atoms with Gasteiger partial charge in [0.25, 0.3) is 5.91 Å². The monoisotopic (exact) mass is 379 g/mol. The summed E-state index contributed by atoms with van der Waals surface area (Å²) >= 11 is 0. The topological polar surface area (TPSA) is 65.5 Å². The Morgan fingerprint density at radius 2 is 2.00 bits per heavy atom. The predicted octanol–water partition coefficient (Wildman–Crippen LogP) is 3.76. The minimum absolute atomic E-state index is 0.0631. The summed E-state index contributed by atoms with van der Waals surface area (Å²) in [6, 6.07) is 9.99. The second kappa shape index (κ2) is 8.74. The van der Waals surface area contributed by atoms with Gasteiger partial charge in [0.1, 0.15) is 5.75 Å². The molecule has 0 radical (unpaired) electrons. The maximum atomic E-state index is 12.5. The van der Waals surface area contributed by atoms with Crippen molar-refractivity contribution >= 4 is 5.91 Å². The van der Waals surface area contributed by atoms with Crippen molar-refractivity contribution in [1.29, 1.82) is 0 Å². The maximum absolute atomic E-state index is 12.5. The number of hydrogen-bond donors (Lipinski definition) is 2. The van der Waals surface area contributed by atoms with Crippen molar-refractivity contribution in [1.82, 2.24) is 15.2 Å². The molecule has 0 unspecified atom stereocenters. The summed E-state index contributed by atoms with van der Waals surface area (Å²) in [5.41, 5.74) is 3.44. The summed E-state index contributed by atoms with van der Waals surface area (Å²) in [5.74, 6) is 0.330. The summed E-state index contributed by atoms with van der Waals surface area (Å²) in [7, 11) is 0. The summed E-state index contributed by atoms with van der Waals surface area (Å²) in [6.45, 7) is 2.79. The molecule has 4 rings (SSSR count). The van der Waals surface area contributed by atoms with Crippen molar-refractivity contribution in [2.24, 2.45) is 0 Å². The molecule has 0 aliphatic carbocycles. The van der Waals surface area contributed by atoms with Gasteiger partial charge < -0.3 is 15.3 Å². The van der Waals surface area contributed by atoms with Crippen LogP contribution in [0.25, 0.3) is 11.3 Å². The molecule has 5 heteroatoms. The summed E-state index contributed by atoms with van der Waals surface area (Å²) in [4.78, 5) is 18.9. The highest BCUT2D eigenvalue weighted by Crippen LogP contribution is 2.26. The average molecular weight is 380 g/mol. The molecule has 2 N–H and O–H groups in total. The Morgan fingerprint density at radius 1 is 1.14 bits per heavy atom. The fourth-order valence-electron chi connectivity index (χ4n) is 4.27. The third-order valence-electron chi connectivity index (χ3n) is 5.87. The molecule has 3 heterocycles. The van der Waals surface area contributed by atoms with Crippen LogP contribution < -0.4 is 5.32 Å². The van der Waals surface area contributed by atoms with Crippen LogP contribution in [0.1, 0.15) is 54.4 Å². The van der Waals surface area contributed by atoms with Gasteiger partial charge in [-0.25, -0.2) is 0 Å². The van der Waals surface area contributed by atoms with Crippen LogP contribution in [0.4, 0.5) is 0 Å². The maximum Gasteiger partial charge on any atom is 0.255 e. The fourth-order valence-corrected chi connectivity index (χ4v) is 4.27. The van der Waals surface area contributed by atoms with Crippen LogP contribution in [0.15, 0.2) is 36.5 Å². The molecule has 0 bridgehead atoms. The molecule has 1 aromatic carbocycles. The number of phenolic OH excluding ortho intramolecular Hbond substituents is 1. The van der Waals surface area contributed by atoms with Gasteiger partial charge in [0.05, 0.1) is 11.3 Å². The number of rotatable bonds is 5. The zero-order valence-electron chi connectivity index (χ0n) is 16.4. The van der Waals surface area contributed by atoms with E-state index in [0.29, 0.717) is 11.6 Å². The highest BCUT2D eigenvalue weighted by atomic mass is 16.3. The standard InChI is InChI=1S/C23H29N3O2/c27-21-14-17(6-8-20-5-1-2-10-24-20)13-19(15-21)22-9-7-18(16-25-22)23(28)26-11-3-4-12-26/h7,9,13-16,20,24,27H,1-6,8,10-12H2/t20-/m1/s1. The van der Waals surface area contributed by atoms with Crippen molar-refractivity contribution in [3.8, 4) is 17.0 Å². The van der Waals surface area contributed by atoms with Crippen molar-refractivity contribution in [2.75, 3.05) is 19.6 Å². The number of aromatic nitrogens is 1. The highest BCUT2D eigenvalue weighted by molar-refractivity contribution is 5.94. The van der Waals surface area contributed by atoms with Gasteiger partial charge >= 0.3 is 0 Å². The van der Waals surface area contributed by atoms with E-state index < -0.39 is 0 Å². The van der Waals surface area contributed by atoms with Crippen LogP contribution in [0, 0.1) is 0 Å². The van der Waals surface area contributed by atoms with E-state index in [0.717, 1.165) is 62.1 Å². The fraction of sp³-hybridized carbons (Fsp3) is 0.478. The minimum Gasteiger partial charge on any atom is -0.508 e. The van der Waals surface area contributed by atoms with Crippen molar-refractivity contribution in [3.05, 3.63) is 47.7 Å². The number of nitrogens with one attached hydrogen (secondary N) is 1. The van der Waals surface area contributed by atoms with E-state index in [-0.39, 0.29) is 11.7 Å².